The molecule has 7 heteroatoms. The first-order valence-corrected chi connectivity index (χ1v) is 6.08. The Bertz CT molecular complexity index is 653. The van der Waals surface area contributed by atoms with Crippen LogP contribution in [0.5, 0.6) is 0 Å². The number of H-pyrrole nitrogens is 1. The van der Waals surface area contributed by atoms with Crippen molar-refractivity contribution in [2.24, 2.45) is 0 Å². The summed E-state index contributed by atoms with van der Waals surface area (Å²) in [5, 5.41) is 15.5. The van der Waals surface area contributed by atoms with Crippen molar-refractivity contribution in [2.45, 2.75) is 0 Å². The molecule has 0 aliphatic heterocycles. The third-order valence-corrected chi connectivity index (χ3v) is 2.99. The third-order valence-electron chi connectivity index (χ3n) is 1.98. The Kier molecular flexibility index (Phi) is 2.50. The van der Waals surface area contributed by atoms with E-state index in [-0.39, 0.29) is 5.82 Å². The van der Waals surface area contributed by atoms with Crippen LogP contribution in [0.15, 0.2) is 24.3 Å². The number of aromatic amines is 1. The maximum Gasteiger partial charge on any atom is 0.247 e. The van der Waals surface area contributed by atoms with Crippen molar-refractivity contribution in [1.29, 1.82) is 5.26 Å². The van der Waals surface area contributed by atoms with Gasteiger partial charge in [0.15, 0.2) is 11.6 Å². The summed E-state index contributed by atoms with van der Waals surface area (Å²) in [6.45, 7) is 0. The lowest BCUT2D eigenvalue weighted by molar-refractivity contribution is 0.604. The average Bonchev–Trinajstić information content (AvgIpc) is 2.61. The molecule has 0 spiro atoms. The first-order chi connectivity index (χ1) is 7.62. The van der Waals surface area contributed by atoms with Crippen LogP contribution in [0, 0.1) is 11.3 Å². The molecule has 2 aromatic rings. The van der Waals surface area contributed by atoms with Gasteiger partial charge in [-0.15, -0.1) is 0 Å². The highest BCUT2D eigenvalue weighted by atomic mass is 32.2. The number of nitriles is 1. The number of hydrogen-bond acceptors (Lipinski definition) is 4. The van der Waals surface area contributed by atoms with Crippen molar-refractivity contribution in [2.75, 3.05) is 10.5 Å². The third kappa shape index (κ3) is 1.97. The van der Waals surface area contributed by atoms with Crippen LogP contribution >= 0.6 is 0 Å². The van der Waals surface area contributed by atoms with Gasteiger partial charge in [0.05, 0.1) is 11.6 Å². The van der Waals surface area contributed by atoms with E-state index in [1.165, 1.54) is 0 Å². The van der Waals surface area contributed by atoms with Crippen LogP contribution in [-0.2, 0) is 10.0 Å². The normalized spacial score (nSPS) is 11.2. The predicted molar refractivity (Wildman–Crippen MR) is 59.1 cm³/mol. The van der Waals surface area contributed by atoms with Gasteiger partial charge in [0.2, 0.25) is 10.0 Å². The number of hydrogen-bond donors (Lipinski definition) is 2. The molecular formula is C9H8N4O2S. The zero-order valence-electron chi connectivity index (χ0n) is 8.14. The molecule has 0 amide bonds. The zero-order chi connectivity index (χ0) is 11.6. The highest BCUT2D eigenvalue weighted by Crippen LogP contribution is 2.20. The minimum atomic E-state index is -3.64. The molecule has 0 bridgehead atoms. The number of sulfonamides is 1. The molecule has 1 aromatic heterocycles. The highest BCUT2D eigenvalue weighted by molar-refractivity contribution is 7.92. The van der Waals surface area contributed by atoms with Crippen molar-refractivity contribution in [3.63, 3.8) is 0 Å². The smallest absolute Gasteiger partial charge is 0.247 e. The lowest BCUT2D eigenvalue weighted by Crippen LogP contribution is -2.15. The minimum absolute atomic E-state index is 0.214. The number of anilines is 1. The Labute approximate surface area is 91.9 Å². The SMILES string of the molecule is N#CCS(=O)(=O)Nc1n[nH]c2ccccc12. The van der Waals surface area contributed by atoms with Crippen LogP contribution in [-0.4, -0.2) is 24.4 Å². The summed E-state index contributed by atoms with van der Waals surface area (Å²) in [5.41, 5.74) is 0.733. The van der Waals surface area contributed by atoms with E-state index in [9.17, 15) is 8.42 Å². The number of para-hydroxylation sites is 1. The molecule has 6 nitrogen and oxygen atoms in total. The lowest BCUT2D eigenvalue weighted by Gasteiger charge is -2.00. The topological polar surface area (TPSA) is 98.6 Å². The van der Waals surface area contributed by atoms with Gasteiger partial charge in [-0.05, 0) is 12.1 Å². The van der Waals surface area contributed by atoms with Gasteiger partial charge in [-0.3, -0.25) is 9.82 Å². The summed E-state index contributed by atoms with van der Waals surface area (Å²) >= 11 is 0. The molecule has 1 heterocycles. The molecule has 0 unspecified atom stereocenters. The summed E-state index contributed by atoms with van der Waals surface area (Å²) in [6.07, 6.45) is 0. The fourth-order valence-electron chi connectivity index (χ4n) is 1.31. The van der Waals surface area contributed by atoms with Crippen LogP contribution in [0.2, 0.25) is 0 Å². The van der Waals surface area contributed by atoms with Gasteiger partial charge in [-0.1, -0.05) is 12.1 Å². The molecule has 0 radical (unpaired) electrons. The second-order valence-electron chi connectivity index (χ2n) is 3.14. The number of nitrogens with one attached hydrogen (secondary N) is 2. The van der Waals surface area contributed by atoms with E-state index in [0.29, 0.717) is 5.39 Å². The molecule has 0 saturated heterocycles. The number of rotatable bonds is 3. The molecule has 0 fully saturated rings. The molecule has 1 aromatic carbocycles. The molecule has 0 aliphatic carbocycles. The second kappa shape index (κ2) is 3.83. The monoisotopic (exact) mass is 236 g/mol. The summed E-state index contributed by atoms with van der Waals surface area (Å²) in [7, 11) is -3.64. The fraction of sp³-hybridized carbons (Fsp3) is 0.111. The predicted octanol–water partition coefficient (Wildman–Crippen LogP) is 0.828. The van der Waals surface area contributed by atoms with Crippen LogP contribution in [0.25, 0.3) is 10.9 Å². The summed E-state index contributed by atoms with van der Waals surface area (Å²) in [5.74, 6) is -0.375. The number of nitrogens with zero attached hydrogens (tertiary/aromatic N) is 2. The molecule has 16 heavy (non-hydrogen) atoms. The summed E-state index contributed by atoms with van der Waals surface area (Å²) < 4.78 is 25.0. The Morgan fingerprint density at radius 1 is 1.44 bits per heavy atom. The maximum absolute atomic E-state index is 11.4. The molecule has 0 atom stereocenters. The quantitative estimate of drug-likeness (QED) is 0.824. The molecule has 2 rings (SSSR count). The Morgan fingerprint density at radius 2 is 2.19 bits per heavy atom. The Morgan fingerprint density at radius 3 is 2.94 bits per heavy atom. The van der Waals surface area contributed by atoms with Crippen LogP contribution in [0.4, 0.5) is 5.82 Å². The fourth-order valence-corrected chi connectivity index (χ4v) is 2.00. The van der Waals surface area contributed by atoms with E-state index in [1.54, 1.807) is 24.3 Å². The van der Waals surface area contributed by atoms with Crippen LogP contribution in [0.1, 0.15) is 0 Å². The maximum atomic E-state index is 11.4. The average molecular weight is 236 g/mol. The number of aromatic nitrogens is 2. The van der Waals surface area contributed by atoms with E-state index in [2.05, 4.69) is 14.9 Å². The van der Waals surface area contributed by atoms with E-state index < -0.39 is 15.8 Å². The van der Waals surface area contributed by atoms with E-state index in [1.807, 2.05) is 6.07 Å². The Hall–Kier alpha value is -2.07. The molecule has 2 N–H and O–H groups in total. The number of benzene rings is 1. The lowest BCUT2D eigenvalue weighted by atomic mass is 10.2. The van der Waals surface area contributed by atoms with Gasteiger partial charge in [0, 0.05) is 5.39 Å². The summed E-state index contributed by atoms with van der Waals surface area (Å²) in [6, 6.07) is 8.69. The van der Waals surface area contributed by atoms with E-state index >= 15 is 0 Å². The zero-order valence-corrected chi connectivity index (χ0v) is 8.95. The minimum Gasteiger partial charge on any atom is -0.276 e. The summed E-state index contributed by atoms with van der Waals surface area (Å²) in [4.78, 5) is 0. The van der Waals surface area contributed by atoms with Gasteiger partial charge in [-0.25, -0.2) is 8.42 Å². The first-order valence-electron chi connectivity index (χ1n) is 4.43. The van der Waals surface area contributed by atoms with Gasteiger partial charge in [-0.2, -0.15) is 10.4 Å². The van der Waals surface area contributed by atoms with Gasteiger partial charge in [0.25, 0.3) is 0 Å². The van der Waals surface area contributed by atoms with Crippen LogP contribution in [0.3, 0.4) is 0 Å². The van der Waals surface area contributed by atoms with Crippen LogP contribution < -0.4 is 4.72 Å². The van der Waals surface area contributed by atoms with Gasteiger partial charge >= 0.3 is 0 Å². The van der Waals surface area contributed by atoms with Crippen molar-refractivity contribution >= 4 is 26.7 Å². The van der Waals surface area contributed by atoms with Gasteiger partial charge < -0.3 is 0 Å². The standard InChI is InChI=1S/C9H8N4O2S/c10-5-6-16(14,15)13-9-7-3-1-2-4-8(7)11-12-9/h1-4H,6H2,(H2,11,12,13). The van der Waals surface area contributed by atoms with Crippen molar-refractivity contribution in [1.82, 2.24) is 10.2 Å². The molecule has 0 aliphatic rings. The van der Waals surface area contributed by atoms with Gasteiger partial charge in [0.1, 0.15) is 0 Å². The molecule has 0 saturated carbocycles. The van der Waals surface area contributed by atoms with Crippen molar-refractivity contribution in [3.05, 3.63) is 24.3 Å². The Balaban J connectivity index is 2.40. The van der Waals surface area contributed by atoms with Crippen molar-refractivity contribution in [3.8, 4) is 6.07 Å². The molecular weight excluding hydrogens is 228 g/mol. The highest BCUT2D eigenvalue weighted by Gasteiger charge is 2.13. The van der Waals surface area contributed by atoms with E-state index in [0.717, 1.165) is 5.52 Å². The first kappa shape index (κ1) is 10.4. The molecule has 82 valence electrons. The second-order valence-corrected chi connectivity index (χ2v) is 4.86. The van der Waals surface area contributed by atoms with E-state index in [4.69, 9.17) is 5.26 Å². The largest absolute Gasteiger partial charge is 0.276 e. The van der Waals surface area contributed by atoms with Crippen molar-refractivity contribution < 1.29 is 8.42 Å². The number of fused-ring (bicyclic) bond motifs is 1.